The third kappa shape index (κ3) is 24.4. The molecule has 47 heavy (non-hydrogen) atoms. The largest absolute Gasteiger partial charge is 0.296 e. The molecular formula is C42H80P4Pd+4. The predicted octanol–water partition coefficient (Wildman–Crippen LogP) is 14.0. The molecular weight excluding hydrogens is 735 g/mol. The van der Waals surface area contributed by atoms with Crippen LogP contribution in [0.5, 0.6) is 0 Å². The van der Waals surface area contributed by atoms with Crippen molar-refractivity contribution in [2.75, 3.05) is 37.0 Å². The second-order valence-electron chi connectivity index (χ2n) is 13.9. The van der Waals surface area contributed by atoms with Gasteiger partial charge in [0.2, 0.25) is 0 Å². The zero-order valence-corrected chi connectivity index (χ0v) is 38.9. The first kappa shape index (κ1) is 49.7. The van der Waals surface area contributed by atoms with Gasteiger partial charge in [-0.2, -0.15) is 0 Å². The minimum atomic E-state index is 0. The Balaban J connectivity index is 0. The summed E-state index contributed by atoms with van der Waals surface area (Å²) in [6, 6.07) is 9.26. The maximum Gasteiger partial charge on any atom is 0.296 e. The number of hydrogen-bond acceptors (Lipinski definition) is 0. The van der Waals surface area contributed by atoms with Crippen LogP contribution in [0, 0.1) is 41.5 Å². The Morgan fingerprint density at radius 3 is 0.745 bits per heavy atom. The standard InChI is InChI=1S/C18H24P2.2C12H27P.Pd/c1-11-7-13(3)17(14(4)8-11)19-20-18-15(5)9-12(2)10-16(18)6;2*1-4-7-10-13(11-8-5-2)12-9-6-3;/h7-10,19-20H,1-6H3;2*4-12H2,1-3H3;/q+2;;;/p+2. The molecule has 0 N–H and O–H groups in total. The van der Waals surface area contributed by atoms with Crippen LogP contribution in [-0.4, -0.2) is 37.0 Å². The molecule has 2 rings (SSSR count). The van der Waals surface area contributed by atoms with Crippen LogP contribution >= 0.6 is 31.6 Å². The Labute approximate surface area is 315 Å². The number of hydrogen-bond donors (Lipinski definition) is 0. The van der Waals surface area contributed by atoms with E-state index >= 15 is 0 Å². The maximum atomic E-state index is 2.32. The normalized spacial score (nSPS) is 10.9. The fraction of sp³-hybridized carbons (Fsp3) is 0.714. The maximum absolute atomic E-state index is 2.32. The van der Waals surface area contributed by atoms with Gasteiger partial charge in [0, 0.05) is 58.5 Å². The summed E-state index contributed by atoms with van der Waals surface area (Å²) in [5, 5.41) is 3.13. The molecule has 0 radical (unpaired) electrons. The van der Waals surface area contributed by atoms with Crippen molar-refractivity contribution in [1.82, 2.24) is 0 Å². The molecule has 2 unspecified atom stereocenters. The summed E-state index contributed by atoms with van der Waals surface area (Å²) in [5.41, 5.74) is 8.57. The molecule has 0 bridgehead atoms. The molecule has 0 saturated carbocycles. The molecule has 0 heterocycles. The van der Waals surface area contributed by atoms with E-state index in [0.717, 1.165) is 15.7 Å². The third-order valence-electron chi connectivity index (χ3n) is 8.97. The van der Waals surface area contributed by atoms with Gasteiger partial charge in [0.05, 0.1) is 37.0 Å². The molecule has 2 atom stereocenters. The molecule has 0 saturated heterocycles. The Bertz CT molecular complexity index is 897. The van der Waals surface area contributed by atoms with Crippen molar-refractivity contribution >= 4 is 42.2 Å². The van der Waals surface area contributed by atoms with Gasteiger partial charge in [-0.1, -0.05) is 115 Å². The SMILES string of the molecule is CCCC[PH+](CCCC)CCCC.CCCC[PH+](CCCC)CCCC.Cc1cc(C)c(/[PH+]=[PH+]/c2c(C)cc(C)cc2C)c(C)c1.[Pd]. The third-order valence-corrected chi connectivity index (χ3v) is 19.4. The zero-order valence-electron chi connectivity index (χ0n) is 33.4. The molecule has 0 aliphatic heterocycles. The smallest absolute Gasteiger partial charge is 0.0652 e. The fourth-order valence-corrected chi connectivity index (χ4v) is 17.3. The average Bonchev–Trinajstić information content (AvgIpc) is 3.01. The molecule has 0 aliphatic carbocycles. The predicted molar refractivity (Wildman–Crippen MR) is 232 cm³/mol. The van der Waals surface area contributed by atoms with Crippen LogP contribution in [-0.2, 0) is 20.4 Å². The Morgan fingerprint density at radius 1 is 0.383 bits per heavy atom. The van der Waals surface area contributed by atoms with Gasteiger partial charge >= 0.3 is 0 Å². The molecule has 5 heteroatoms. The molecule has 2 aromatic carbocycles. The fourth-order valence-electron chi connectivity index (χ4n) is 6.19. The van der Waals surface area contributed by atoms with Gasteiger partial charge in [0.25, 0.3) is 15.7 Å². The van der Waals surface area contributed by atoms with E-state index in [1.807, 2.05) is 0 Å². The summed E-state index contributed by atoms with van der Waals surface area (Å²) in [6.07, 6.45) is 26.8. The van der Waals surface area contributed by atoms with Crippen LogP contribution in [0.2, 0.25) is 0 Å². The minimum Gasteiger partial charge on any atom is -0.0652 e. The first-order chi connectivity index (χ1) is 22.1. The van der Waals surface area contributed by atoms with Gasteiger partial charge in [0.1, 0.15) is 0 Å². The van der Waals surface area contributed by atoms with E-state index in [4.69, 9.17) is 0 Å². The summed E-state index contributed by atoms with van der Waals surface area (Å²) >= 11 is 0. The van der Waals surface area contributed by atoms with E-state index in [2.05, 4.69) is 107 Å². The Kier molecular flexibility index (Phi) is 34.3. The van der Waals surface area contributed by atoms with E-state index in [1.165, 1.54) is 110 Å². The zero-order chi connectivity index (χ0) is 34.7. The van der Waals surface area contributed by atoms with E-state index in [9.17, 15) is 0 Å². The van der Waals surface area contributed by atoms with Crippen LogP contribution in [0.15, 0.2) is 24.3 Å². The van der Waals surface area contributed by atoms with E-state index < -0.39 is 0 Å². The number of rotatable bonds is 20. The minimum absolute atomic E-state index is 0. The molecule has 2 aromatic rings. The first-order valence-corrected chi connectivity index (χ1v) is 26.7. The summed E-state index contributed by atoms with van der Waals surface area (Å²) in [4.78, 5) is 0. The number of benzene rings is 2. The van der Waals surface area contributed by atoms with Gasteiger partial charge in [-0.25, -0.2) is 0 Å². The molecule has 0 fully saturated rings. The summed E-state index contributed by atoms with van der Waals surface area (Å²) in [7, 11) is 1.92. The van der Waals surface area contributed by atoms with E-state index in [-0.39, 0.29) is 36.3 Å². The van der Waals surface area contributed by atoms with Crippen LogP contribution in [0.25, 0.3) is 0 Å². The quantitative estimate of drug-likeness (QED) is 0.0923. The van der Waals surface area contributed by atoms with E-state index in [0.29, 0.717) is 0 Å². The molecule has 0 amide bonds. The second kappa shape index (κ2) is 32.5. The van der Waals surface area contributed by atoms with Crippen molar-refractivity contribution < 1.29 is 20.4 Å². The summed E-state index contributed by atoms with van der Waals surface area (Å²) < 4.78 is 0. The van der Waals surface area contributed by atoms with Crippen LogP contribution < -0.4 is 10.6 Å². The second-order valence-corrected chi connectivity index (χ2v) is 22.9. The van der Waals surface area contributed by atoms with Crippen molar-refractivity contribution in [2.24, 2.45) is 0 Å². The van der Waals surface area contributed by atoms with Crippen LogP contribution in [0.1, 0.15) is 152 Å². The van der Waals surface area contributed by atoms with E-state index in [1.54, 1.807) is 47.6 Å². The van der Waals surface area contributed by atoms with Crippen LogP contribution in [0.4, 0.5) is 0 Å². The Morgan fingerprint density at radius 2 is 0.574 bits per heavy atom. The van der Waals surface area contributed by atoms with Gasteiger partial charge in [0.15, 0.2) is 10.6 Å². The van der Waals surface area contributed by atoms with Gasteiger partial charge < -0.3 is 0 Å². The number of unbranched alkanes of at least 4 members (excludes halogenated alkanes) is 6. The van der Waals surface area contributed by atoms with Gasteiger partial charge in [-0.05, 0) is 80.1 Å². The molecule has 0 aliphatic rings. The molecule has 0 spiro atoms. The van der Waals surface area contributed by atoms with Crippen molar-refractivity contribution in [3.63, 3.8) is 0 Å². The molecule has 274 valence electrons. The topological polar surface area (TPSA) is 0 Å². The van der Waals surface area contributed by atoms with Gasteiger partial charge in [-0.3, -0.25) is 0 Å². The number of aryl methyl sites for hydroxylation is 6. The van der Waals surface area contributed by atoms with Crippen molar-refractivity contribution in [1.29, 1.82) is 0 Å². The summed E-state index contributed by atoms with van der Waals surface area (Å²) in [6.45, 7) is 27.3. The monoisotopic (exact) mass is 814 g/mol. The Hall–Kier alpha value is 0.562. The first-order valence-electron chi connectivity index (χ1n) is 19.4. The van der Waals surface area contributed by atoms with Crippen LogP contribution in [0.3, 0.4) is 0 Å². The van der Waals surface area contributed by atoms with Crippen molar-refractivity contribution in [2.45, 2.75) is 160 Å². The van der Waals surface area contributed by atoms with Crippen molar-refractivity contribution in [3.8, 4) is 0 Å². The van der Waals surface area contributed by atoms with Crippen molar-refractivity contribution in [3.05, 3.63) is 57.6 Å². The summed E-state index contributed by atoms with van der Waals surface area (Å²) in [5.74, 6) is 0. The van der Waals surface area contributed by atoms with Gasteiger partial charge in [-0.15, -0.1) is 0 Å². The average molecular weight is 815 g/mol. The molecule has 0 nitrogen and oxygen atoms in total. The molecule has 0 aromatic heterocycles.